The van der Waals surface area contributed by atoms with Gasteiger partial charge in [0.25, 0.3) is 0 Å². The van der Waals surface area contributed by atoms with E-state index < -0.39 is 114 Å². The topological polar surface area (TPSA) is 304 Å². The fraction of sp³-hybridized carbons (Fsp3) is 0.510. The molecule has 2 saturated heterocycles. The molecule has 3 heterocycles. The number of carbonyl (C=O) groups is 10. The molecule has 22 heteroatoms. The summed E-state index contributed by atoms with van der Waals surface area (Å²) in [5.74, 6) is -10.0. The van der Waals surface area contributed by atoms with Crippen LogP contribution in [-0.4, -0.2) is 148 Å². The highest BCUT2D eigenvalue weighted by atomic mass is 16.5. The summed E-state index contributed by atoms with van der Waals surface area (Å²) in [7, 11) is 1.53. The molecule has 2 fully saturated rings. The number of aliphatic carboxylic acids is 2. The largest absolute Gasteiger partial charge is 0.495 e. The lowest BCUT2D eigenvalue weighted by atomic mass is 9.87. The van der Waals surface area contributed by atoms with Crippen molar-refractivity contribution < 1.29 is 62.9 Å². The summed E-state index contributed by atoms with van der Waals surface area (Å²) >= 11 is 0. The number of carboxylic acids is 2. The summed E-state index contributed by atoms with van der Waals surface area (Å²) in [6, 6.07) is 4.05. The quantitative estimate of drug-likeness (QED) is 0.118. The second kappa shape index (κ2) is 23.9. The second-order valence-electron chi connectivity index (χ2n) is 19.5. The fourth-order valence-corrected chi connectivity index (χ4v) is 8.63. The number of amides is 7. The number of carboxylic acid groups (broad SMARTS) is 2. The van der Waals surface area contributed by atoms with Crippen molar-refractivity contribution in [2.24, 2.45) is 11.3 Å². The fourth-order valence-electron chi connectivity index (χ4n) is 8.63. The van der Waals surface area contributed by atoms with Gasteiger partial charge in [0.1, 0.15) is 42.0 Å². The second-order valence-corrected chi connectivity index (χ2v) is 19.5. The van der Waals surface area contributed by atoms with Crippen LogP contribution in [0, 0.1) is 11.3 Å². The number of benzene rings is 2. The summed E-state index contributed by atoms with van der Waals surface area (Å²) in [5.41, 5.74) is 1.03. The van der Waals surface area contributed by atoms with Crippen LogP contribution in [-0.2, 0) is 49.6 Å². The molecule has 2 aliphatic rings. The molecule has 0 saturated carbocycles. The molecule has 7 amide bonds. The van der Waals surface area contributed by atoms with E-state index in [-0.39, 0.29) is 44.2 Å². The van der Waals surface area contributed by atoms with Crippen LogP contribution in [0.4, 0.5) is 5.69 Å². The zero-order chi connectivity index (χ0) is 52.3. The number of piperazine rings is 1. The van der Waals surface area contributed by atoms with E-state index in [0.29, 0.717) is 35.3 Å². The van der Waals surface area contributed by atoms with E-state index in [9.17, 15) is 58.2 Å². The number of nitrogens with zero attached hydrogens (tertiary/aromatic N) is 3. The maximum absolute atomic E-state index is 14.5. The van der Waals surface area contributed by atoms with Crippen LogP contribution < -0.4 is 41.5 Å². The minimum atomic E-state index is -1.95. The van der Waals surface area contributed by atoms with Gasteiger partial charge in [0.05, 0.1) is 37.6 Å². The monoisotopic (exact) mass is 987 g/mol. The van der Waals surface area contributed by atoms with E-state index >= 15 is 0 Å². The van der Waals surface area contributed by atoms with Gasteiger partial charge < -0.3 is 56.7 Å². The van der Waals surface area contributed by atoms with E-state index in [2.05, 4.69) is 31.9 Å². The number of rotatable bonds is 13. The molecule has 8 N–H and O–H groups in total. The third kappa shape index (κ3) is 15.0. The molecule has 0 spiro atoms. The Kier molecular flexibility index (Phi) is 18.3. The minimum absolute atomic E-state index is 0.0189. The first kappa shape index (κ1) is 54.4. The van der Waals surface area contributed by atoms with Crippen molar-refractivity contribution in [2.45, 2.75) is 116 Å². The highest BCUT2D eigenvalue weighted by Crippen LogP contribution is 2.29. The number of para-hydroxylation sites is 3. The van der Waals surface area contributed by atoms with E-state index in [1.54, 1.807) is 65.0 Å². The number of carbonyl (C=O) groups excluding carboxylic acids is 8. The summed E-state index contributed by atoms with van der Waals surface area (Å²) < 4.78 is 6.85. The molecule has 0 radical (unpaired) electrons. The third-order valence-corrected chi connectivity index (χ3v) is 12.1. The molecule has 1 aromatic heterocycles. The first-order chi connectivity index (χ1) is 33.4. The summed E-state index contributed by atoms with van der Waals surface area (Å²) in [6.07, 6.45) is -1.66. The van der Waals surface area contributed by atoms with Crippen LogP contribution in [0.2, 0.25) is 0 Å². The zero-order valence-electron chi connectivity index (χ0n) is 41.0. The Hall–Kier alpha value is -7.52. The molecular formula is C49H65N9O13. The van der Waals surface area contributed by atoms with E-state index in [1.165, 1.54) is 29.7 Å². The van der Waals surface area contributed by atoms with Gasteiger partial charge in [-0.05, 0) is 47.9 Å². The average Bonchev–Trinajstić information content (AvgIpc) is 3.67. The summed E-state index contributed by atoms with van der Waals surface area (Å²) in [6.45, 7) is 11.2. The molecule has 2 aromatic carbocycles. The van der Waals surface area contributed by atoms with Gasteiger partial charge in [0.2, 0.25) is 47.3 Å². The van der Waals surface area contributed by atoms with E-state index in [0.717, 1.165) is 5.69 Å². The van der Waals surface area contributed by atoms with Crippen LogP contribution in [0.15, 0.2) is 54.7 Å². The molecule has 0 aliphatic carbocycles. The predicted molar refractivity (Wildman–Crippen MR) is 258 cm³/mol. The number of anilines is 1. The molecule has 0 bridgehead atoms. The van der Waals surface area contributed by atoms with Crippen LogP contribution in [0.1, 0.15) is 84.0 Å². The molecule has 6 unspecified atom stereocenters. The van der Waals surface area contributed by atoms with Crippen molar-refractivity contribution >= 4 is 75.8 Å². The zero-order valence-corrected chi connectivity index (χ0v) is 41.0. The lowest BCUT2D eigenvalue weighted by Crippen LogP contribution is -2.62. The standard InChI is InChI=1S/C49H65N9O13/c1-27(2)20-31-43(65)51-32(21-29-26-58(28(3)59)37-13-9-8-12-30(29)37)44(66)53-34(23-41(61)62)46(68)52-33(22-40(60)57-18-16-56(17-19-57)38-14-10-11-15-39(38)71-7)45(67)54-35(24-42(63)64)47(69)55-36(48(70)50-31)25-49(4,5)6/h8-15,26-27,31-36H,16-25H2,1-7H3,(H,50,70)(H,51,65)(H,52,68)(H,53,66)(H,54,67)(H,55,69)(H,61,62)(H,63,64). The molecule has 384 valence electrons. The Labute approximate surface area is 410 Å². The van der Waals surface area contributed by atoms with Crippen molar-refractivity contribution in [2.75, 3.05) is 38.2 Å². The Balaban J connectivity index is 1.57. The van der Waals surface area contributed by atoms with Crippen molar-refractivity contribution in [3.63, 3.8) is 0 Å². The molecule has 2 aliphatic heterocycles. The predicted octanol–water partition coefficient (Wildman–Crippen LogP) is 0.946. The maximum atomic E-state index is 14.5. The van der Waals surface area contributed by atoms with Crippen LogP contribution in [0.3, 0.4) is 0 Å². The van der Waals surface area contributed by atoms with Gasteiger partial charge in [-0.2, -0.15) is 0 Å². The number of hydrogen-bond acceptors (Lipinski definition) is 12. The molecular weight excluding hydrogens is 923 g/mol. The molecule has 22 nitrogen and oxygen atoms in total. The Morgan fingerprint density at radius 1 is 0.648 bits per heavy atom. The smallest absolute Gasteiger partial charge is 0.305 e. The van der Waals surface area contributed by atoms with Gasteiger partial charge in [0, 0.05) is 51.1 Å². The Bertz CT molecular complexity index is 2510. The number of ether oxygens (including phenoxy) is 1. The lowest BCUT2D eigenvalue weighted by molar-refractivity contribution is -0.143. The normalized spacial score (nSPS) is 22.3. The molecule has 71 heavy (non-hydrogen) atoms. The number of fused-ring (bicyclic) bond motifs is 1. The molecule has 6 atom stereocenters. The van der Waals surface area contributed by atoms with Gasteiger partial charge in [0.15, 0.2) is 0 Å². The number of aromatic nitrogens is 1. The summed E-state index contributed by atoms with van der Waals surface area (Å²) in [4.78, 5) is 141. The van der Waals surface area contributed by atoms with Crippen molar-refractivity contribution in [3.8, 4) is 5.75 Å². The van der Waals surface area contributed by atoms with Gasteiger partial charge in [-0.3, -0.25) is 52.5 Å². The van der Waals surface area contributed by atoms with Gasteiger partial charge in [-0.1, -0.05) is 65.0 Å². The Morgan fingerprint density at radius 3 is 1.65 bits per heavy atom. The number of hydrogen-bond donors (Lipinski definition) is 8. The Morgan fingerprint density at radius 2 is 1.11 bits per heavy atom. The molecule has 5 rings (SSSR count). The van der Waals surface area contributed by atoms with Crippen molar-refractivity contribution in [1.82, 2.24) is 41.4 Å². The van der Waals surface area contributed by atoms with Crippen LogP contribution in [0.5, 0.6) is 5.75 Å². The van der Waals surface area contributed by atoms with Crippen LogP contribution in [0.25, 0.3) is 10.9 Å². The van der Waals surface area contributed by atoms with Crippen LogP contribution >= 0.6 is 0 Å². The van der Waals surface area contributed by atoms with Gasteiger partial charge in [-0.15, -0.1) is 0 Å². The van der Waals surface area contributed by atoms with Crippen molar-refractivity contribution in [1.29, 1.82) is 0 Å². The minimum Gasteiger partial charge on any atom is -0.495 e. The maximum Gasteiger partial charge on any atom is 0.305 e. The third-order valence-electron chi connectivity index (χ3n) is 12.1. The first-order valence-corrected chi connectivity index (χ1v) is 23.5. The van der Waals surface area contributed by atoms with Gasteiger partial charge in [-0.25, -0.2) is 0 Å². The average molecular weight is 988 g/mol. The first-order valence-electron chi connectivity index (χ1n) is 23.5. The highest BCUT2D eigenvalue weighted by Gasteiger charge is 2.39. The summed E-state index contributed by atoms with van der Waals surface area (Å²) in [5, 5.41) is 35.4. The van der Waals surface area contributed by atoms with Crippen molar-refractivity contribution in [3.05, 3.63) is 60.3 Å². The highest BCUT2D eigenvalue weighted by molar-refractivity contribution is 6.01. The van der Waals surface area contributed by atoms with E-state index in [1.807, 2.05) is 23.1 Å². The van der Waals surface area contributed by atoms with E-state index in [4.69, 9.17) is 4.74 Å². The number of nitrogens with one attached hydrogen (secondary N) is 6. The SMILES string of the molecule is COc1ccccc1N1CCN(C(=O)CC2NC(=O)C(CC(=O)O)NC(=O)C(Cc3cn(C(C)=O)c4ccccc34)NC(=O)C(CC(C)C)NC(=O)C(CC(C)(C)C)NC(=O)C(CC(=O)O)NC2=O)CC1. The number of methoxy groups -OCH3 is 1. The lowest BCUT2D eigenvalue weighted by Gasteiger charge is -2.37. The molecule has 3 aromatic rings. The van der Waals surface area contributed by atoms with Gasteiger partial charge >= 0.3 is 11.9 Å².